The first-order valence-electron chi connectivity index (χ1n) is 4.01. The largest absolute Gasteiger partial charge is 0.435 e. The average molecular weight is 219 g/mol. The Kier molecular flexibility index (Phi) is 3.54. The van der Waals surface area contributed by atoms with Crippen LogP contribution in [0.25, 0.3) is 0 Å². The predicted octanol–water partition coefficient (Wildman–Crippen LogP) is 2.39. The molecule has 1 rings (SSSR count). The van der Waals surface area contributed by atoms with E-state index in [0.29, 0.717) is 0 Å². The highest BCUT2D eigenvalue weighted by Crippen LogP contribution is 2.21. The van der Waals surface area contributed by atoms with Crippen molar-refractivity contribution < 1.29 is 22.7 Å². The molecule has 0 aliphatic heterocycles. The van der Waals surface area contributed by atoms with Crippen molar-refractivity contribution in [3.8, 4) is 5.75 Å². The Morgan fingerprint density at radius 2 is 2.13 bits per heavy atom. The van der Waals surface area contributed by atoms with Crippen LogP contribution in [0.15, 0.2) is 18.2 Å². The topological polar surface area (TPSA) is 38.3 Å². The molecule has 0 heterocycles. The summed E-state index contributed by atoms with van der Waals surface area (Å²) in [6.07, 6.45) is 0. The van der Waals surface area contributed by atoms with E-state index >= 15 is 0 Å². The number of carbonyl (C=O) groups excluding carboxylic acids is 1. The second-order valence-electron chi connectivity index (χ2n) is 2.70. The first-order valence-corrected chi connectivity index (χ1v) is 4.01. The molecule has 0 saturated heterocycles. The second kappa shape index (κ2) is 4.68. The number of hydrogen-bond donors (Lipinski definition) is 1. The van der Waals surface area contributed by atoms with Gasteiger partial charge in [0.1, 0.15) is 11.6 Å². The first-order chi connectivity index (χ1) is 6.99. The minimum absolute atomic E-state index is 0.0795. The van der Waals surface area contributed by atoms with Crippen LogP contribution in [0.5, 0.6) is 5.75 Å². The molecular formula is C9H8F3NO2. The standard InChI is InChI=1S/C9H8F3NO2/c1-5(14)13-8-3-2-6(4-7(8)10)15-9(11)12/h2-4,9H,1H3,(H,13,14). The molecule has 0 unspecified atom stereocenters. The van der Waals surface area contributed by atoms with E-state index in [1.54, 1.807) is 0 Å². The van der Waals surface area contributed by atoms with Crippen molar-refractivity contribution in [3.63, 3.8) is 0 Å². The van der Waals surface area contributed by atoms with E-state index in [-0.39, 0.29) is 11.4 Å². The lowest BCUT2D eigenvalue weighted by Gasteiger charge is -2.07. The Morgan fingerprint density at radius 3 is 2.60 bits per heavy atom. The van der Waals surface area contributed by atoms with E-state index in [0.717, 1.165) is 18.2 Å². The number of nitrogens with one attached hydrogen (secondary N) is 1. The molecule has 1 aromatic carbocycles. The molecule has 15 heavy (non-hydrogen) atoms. The maximum Gasteiger partial charge on any atom is 0.387 e. The number of ether oxygens (including phenoxy) is 1. The molecule has 0 atom stereocenters. The van der Waals surface area contributed by atoms with Crippen molar-refractivity contribution in [1.82, 2.24) is 0 Å². The molecular weight excluding hydrogens is 211 g/mol. The summed E-state index contributed by atoms with van der Waals surface area (Å²) < 4.78 is 40.6. The third-order valence-corrected chi connectivity index (χ3v) is 1.48. The second-order valence-corrected chi connectivity index (χ2v) is 2.70. The number of amides is 1. The van der Waals surface area contributed by atoms with Crippen molar-refractivity contribution in [3.05, 3.63) is 24.0 Å². The number of benzene rings is 1. The van der Waals surface area contributed by atoms with Crippen LogP contribution in [0.4, 0.5) is 18.9 Å². The van der Waals surface area contributed by atoms with Crippen molar-refractivity contribution >= 4 is 11.6 Å². The molecule has 0 fully saturated rings. The van der Waals surface area contributed by atoms with Crippen LogP contribution in [0, 0.1) is 5.82 Å². The van der Waals surface area contributed by atoms with Crippen LogP contribution in [0.3, 0.4) is 0 Å². The third kappa shape index (κ3) is 3.49. The van der Waals surface area contributed by atoms with E-state index in [4.69, 9.17) is 0 Å². The zero-order valence-electron chi connectivity index (χ0n) is 7.76. The number of anilines is 1. The fourth-order valence-corrected chi connectivity index (χ4v) is 0.963. The summed E-state index contributed by atoms with van der Waals surface area (Å²) >= 11 is 0. The minimum atomic E-state index is -3.00. The maximum atomic E-state index is 13.1. The Balaban J connectivity index is 2.83. The summed E-state index contributed by atoms with van der Waals surface area (Å²) in [5.41, 5.74) is -0.0795. The van der Waals surface area contributed by atoms with Gasteiger partial charge in [-0.1, -0.05) is 0 Å². The normalized spacial score (nSPS) is 10.2. The number of rotatable bonds is 3. The summed E-state index contributed by atoms with van der Waals surface area (Å²) in [4.78, 5) is 10.6. The van der Waals surface area contributed by atoms with Crippen LogP contribution in [-0.4, -0.2) is 12.5 Å². The van der Waals surface area contributed by atoms with Gasteiger partial charge in [0.2, 0.25) is 5.91 Å². The fraction of sp³-hybridized carbons (Fsp3) is 0.222. The van der Waals surface area contributed by atoms with E-state index in [9.17, 15) is 18.0 Å². The van der Waals surface area contributed by atoms with Gasteiger partial charge < -0.3 is 10.1 Å². The highest BCUT2D eigenvalue weighted by molar-refractivity contribution is 5.88. The third-order valence-electron chi connectivity index (χ3n) is 1.48. The van der Waals surface area contributed by atoms with Gasteiger partial charge in [-0.15, -0.1) is 0 Å². The number of hydrogen-bond acceptors (Lipinski definition) is 2. The van der Waals surface area contributed by atoms with E-state index in [1.165, 1.54) is 6.92 Å². The van der Waals surface area contributed by atoms with Crippen LogP contribution in [0.2, 0.25) is 0 Å². The Labute approximate surface area is 83.8 Å². The lowest BCUT2D eigenvalue weighted by Crippen LogP contribution is -2.08. The van der Waals surface area contributed by atoms with Gasteiger partial charge in [-0.05, 0) is 12.1 Å². The molecule has 3 nitrogen and oxygen atoms in total. The molecule has 0 aromatic heterocycles. The predicted molar refractivity (Wildman–Crippen MR) is 47.3 cm³/mol. The van der Waals surface area contributed by atoms with Gasteiger partial charge in [0, 0.05) is 13.0 Å². The van der Waals surface area contributed by atoms with Crippen LogP contribution in [-0.2, 0) is 4.79 Å². The van der Waals surface area contributed by atoms with E-state index in [1.807, 2.05) is 0 Å². The maximum absolute atomic E-state index is 13.1. The average Bonchev–Trinajstić information content (AvgIpc) is 2.08. The summed E-state index contributed by atoms with van der Waals surface area (Å²) in [6.45, 7) is -1.79. The molecule has 0 aliphatic carbocycles. The van der Waals surface area contributed by atoms with Gasteiger partial charge in [-0.3, -0.25) is 4.79 Å². The van der Waals surface area contributed by atoms with Crippen LogP contribution >= 0.6 is 0 Å². The Bertz CT molecular complexity index is 368. The highest BCUT2D eigenvalue weighted by atomic mass is 19.3. The quantitative estimate of drug-likeness (QED) is 0.847. The molecule has 1 aromatic rings. The molecule has 82 valence electrons. The summed E-state index contributed by atoms with van der Waals surface area (Å²) in [5, 5.41) is 2.20. The lowest BCUT2D eigenvalue weighted by molar-refractivity contribution is -0.114. The molecule has 0 bridgehead atoms. The van der Waals surface area contributed by atoms with Gasteiger partial charge >= 0.3 is 6.61 Å². The molecule has 0 radical (unpaired) electrons. The van der Waals surface area contributed by atoms with Crippen molar-refractivity contribution in [2.75, 3.05) is 5.32 Å². The SMILES string of the molecule is CC(=O)Nc1ccc(OC(F)F)cc1F. The number of carbonyl (C=O) groups is 1. The van der Waals surface area contributed by atoms with Gasteiger partial charge in [0.25, 0.3) is 0 Å². The monoisotopic (exact) mass is 219 g/mol. The van der Waals surface area contributed by atoms with Crippen molar-refractivity contribution in [2.45, 2.75) is 13.5 Å². The summed E-state index contributed by atoms with van der Waals surface area (Å²) in [6, 6.07) is 3.06. The van der Waals surface area contributed by atoms with Gasteiger partial charge in [-0.25, -0.2) is 4.39 Å². The zero-order chi connectivity index (χ0) is 11.4. The van der Waals surface area contributed by atoms with E-state index in [2.05, 4.69) is 10.1 Å². The number of halogens is 3. The highest BCUT2D eigenvalue weighted by Gasteiger charge is 2.08. The minimum Gasteiger partial charge on any atom is -0.435 e. The molecule has 1 amide bonds. The molecule has 0 spiro atoms. The fourth-order valence-electron chi connectivity index (χ4n) is 0.963. The smallest absolute Gasteiger partial charge is 0.387 e. The van der Waals surface area contributed by atoms with E-state index < -0.39 is 18.3 Å². The molecule has 0 saturated carbocycles. The van der Waals surface area contributed by atoms with Crippen molar-refractivity contribution in [2.24, 2.45) is 0 Å². The van der Waals surface area contributed by atoms with Gasteiger partial charge in [0.05, 0.1) is 5.69 Å². The Hall–Kier alpha value is -1.72. The molecule has 0 aliphatic rings. The summed E-state index contributed by atoms with van der Waals surface area (Å²) in [7, 11) is 0. The zero-order valence-corrected chi connectivity index (χ0v) is 7.76. The summed E-state index contributed by atoms with van der Waals surface area (Å²) in [5.74, 6) is -1.57. The van der Waals surface area contributed by atoms with Gasteiger partial charge in [0.15, 0.2) is 0 Å². The lowest BCUT2D eigenvalue weighted by atomic mass is 10.3. The number of alkyl halides is 2. The van der Waals surface area contributed by atoms with Crippen molar-refractivity contribution in [1.29, 1.82) is 0 Å². The first kappa shape index (κ1) is 11.4. The molecule has 6 heteroatoms. The molecule has 1 N–H and O–H groups in total. The Morgan fingerprint density at radius 1 is 1.47 bits per heavy atom. The van der Waals surface area contributed by atoms with Crippen LogP contribution in [0.1, 0.15) is 6.92 Å². The van der Waals surface area contributed by atoms with Gasteiger partial charge in [-0.2, -0.15) is 8.78 Å². The van der Waals surface area contributed by atoms with Crippen LogP contribution < -0.4 is 10.1 Å².